The van der Waals surface area contributed by atoms with Crippen LogP contribution in [-0.2, 0) is 18.3 Å². The summed E-state index contributed by atoms with van der Waals surface area (Å²) in [5.74, 6) is 0.435. The molecule has 1 heterocycles. The van der Waals surface area contributed by atoms with Crippen LogP contribution in [0.15, 0.2) is 12.1 Å². The number of carbonyl (C=O) groups is 1. The van der Waals surface area contributed by atoms with Crippen LogP contribution >= 0.6 is 0 Å². The largest absolute Gasteiger partial charge is 0.426 e. The molecule has 1 aromatic carbocycles. The van der Waals surface area contributed by atoms with Crippen LogP contribution in [0.5, 0.6) is 5.75 Å². The molecule has 0 atom stereocenters. The summed E-state index contributed by atoms with van der Waals surface area (Å²) < 4.78 is 7.40. The highest BCUT2D eigenvalue weighted by atomic mass is 16.5. The van der Waals surface area contributed by atoms with Crippen LogP contribution in [0.4, 0.5) is 0 Å². The number of ether oxygens (including phenoxy) is 1. The van der Waals surface area contributed by atoms with Gasteiger partial charge in [0.2, 0.25) is 0 Å². The summed E-state index contributed by atoms with van der Waals surface area (Å²) in [7, 11) is 1.88. The standard InChI is InChI=1S/C17H22N2O2/c1-10-7-8-11(2)17(12(10)3)21-16(20)9-15-13(4)18-19(6)14(15)5/h7-8H,9H2,1-6H3. The summed E-state index contributed by atoms with van der Waals surface area (Å²) in [4.78, 5) is 12.3. The van der Waals surface area contributed by atoms with Gasteiger partial charge in [-0.25, -0.2) is 0 Å². The monoisotopic (exact) mass is 286 g/mol. The second kappa shape index (κ2) is 5.72. The molecule has 0 N–H and O–H groups in total. The number of benzene rings is 1. The second-order valence-corrected chi connectivity index (χ2v) is 5.58. The zero-order valence-electron chi connectivity index (χ0n) is 13.6. The number of nitrogens with zero attached hydrogens (tertiary/aromatic N) is 2. The van der Waals surface area contributed by atoms with E-state index in [2.05, 4.69) is 5.10 Å². The van der Waals surface area contributed by atoms with Gasteiger partial charge in [-0.15, -0.1) is 0 Å². The van der Waals surface area contributed by atoms with Crippen molar-refractivity contribution in [2.75, 3.05) is 0 Å². The average molecular weight is 286 g/mol. The summed E-state index contributed by atoms with van der Waals surface area (Å²) in [5, 5.41) is 4.33. The van der Waals surface area contributed by atoms with E-state index in [1.165, 1.54) is 0 Å². The minimum atomic E-state index is -0.244. The number of esters is 1. The minimum absolute atomic E-state index is 0.244. The molecule has 4 nitrogen and oxygen atoms in total. The molecule has 0 amide bonds. The van der Waals surface area contributed by atoms with Gasteiger partial charge in [-0.2, -0.15) is 5.10 Å². The van der Waals surface area contributed by atoms with E-state index in [9.17, 15) is 4.79 Å². The molecule has 0 aliphatic carbocycles. The topological polar surface area (TPSA) is 44.1 Å². The van der Waals surface area contributed by atoms with E-state index in [-0.39, 0.29) is 12.4 Å². The van der Waals surface area contributed by atoms with Gasteiger partial charge in [0.25, 0.3) is 0 Å². The highest BCUT2D eigenvalue weighted by Gasteiger charge is 2.17. The Hall–Kier alpha value is -2.10. The third-order valence-electron chi connectivity index (χ3n) is 4.07. The first-order valence-corrected chi connectivity index (χ1v) is 7.07. The molecule has 0 radical (unpaired) electrons. The molecule has 0 fully saturated rings. The Bertz CT molecular complexity index is 699. The van der Waals surface area contributed by atoms with Crippen molar-refractivity contribution >= 4 is 5.97 Å². The predicted octanol–water partition coefficient (Wildman–Crippen LogP) is 3.11. The maximum Gasteiger partial charge on any atom is 0.315 e. The first-order valence-electron chi connectivity index (χ1n) is 7.07. The van der Waals surface area contributed by atoms with Crippen molar-refractivity contribution in [3.63, 3.8) is 0 Å². The molecule has 0 saturated heterocycles. The molecule has 0 aliphatic rings. The Balaban J connectivity index is 2.22. The summed E-state index contributed by atoms with van der Waals surface area (Å²) in [6, 6.07) is 4.02. The maximum atomic E-state index is 12.3. The lowest BCUT2D eigenvalue weighted by Gasteiger charge is -2.12. The molecule has 2 rings (SSSR count). The maximum absolute atomic E-state index is 12.3. The van der Waals surface area contributed by atoms with Crippen molar-refractivity contribution in [3.8, 4) is 5.75 Å². The van der Waals surface area contributed by atoms with Crippen LogP contribution < -0.4 is 4.74 Å². The van der Waals surface area contributed by atoms with Crippen molar-refractivity contribution in [2.45, 2.75) is 41.0 Å². The quantitative estimate of drug-likeness (QED) is 0.643. The first kappa shape index (κ1) is 15.3. The van der Waals surface area contributed by atoms with Crippen LogP contribution in [-0.4, -0.2) is 15.7 Å². The van der Waals surface area contributed by atoms with Gasteiger partial charge >= 0.3 is 5.97 Å². The van der Waals surface area contributed by atoms with E-state index in [0.717, 1.165) is 33.6 Å². The lowest BCUT2D eigenvalue weighted by Crippen LogP contribution is -2.14. The summed E-state index contributed by atoms with van der Waals surface area (Å²) in [6.07, 6.45) is 0.248. The molecular weight excluding hydrogens is 264 g/mol. The number of carbonyl (C=O) groups excluding carboxylic acids is 1. The number of aryl methyl sites for hydroxylation is 4. The summed E-state index contributed by atoms with van der Waals surface area (Å²) in [5.41, 5.74) is 5.95. The van der Waals surface area contributed by atoms with Gasteiger partial charge in [-0.1, -0.05) is 12.1 Å². The molecular formula is C17H22N2O2. The van der Waals surface area contributed by atoms with Crippen molar-refractivity contribution in [2.24, 2.45) is 7.05 Å². The fourth-order valence-corrected chi connectivity index (χ4v) is 2.45. The average Bonchev–Trinajstić information content (AvgIpc) is 2.66. The van der Waals surface area contributed by atoms with Crippen molar-refractivity contribution in [1.29, 1.82) is 0 Å². The SMILES string of the molecule is Cc1ccc(C)c(OC(=O)Cc2c(C)nn(C)c2C)c1C. The van der Waals surface area contributed by atoms with E-state index < -0.39 is 0 Å². The van der Waals surface area contributed by atoms with Crippen molar-refractivity contribution in [1.82, 2.24) is 9.78 Å². The second-order valence-electron chi connectivity index (χ2n) is 5.58. The number of hydrogen-bond acceptors (Lipinski definition) is 3. The number of rotatable bonds is 3. The third kappa shape index (κ3) is 2.99. The van der Waals surface area contributed by atoms with Gasteiger partial charge in [-0.05, 0) is 51.3 Å². The van der Waals surface area contributed by atoms with Crippen molar-refractivity contribution in [3.05, 3.63) is 45.8 Å². The van der Waals surface area contributed by atoms with E-state index in [0.29, 0.717) is 5.75 Å². The molecule has 0 aliphatic heterocycles. The Morgan fingerprint density at radius 2 is 1.76 bits per heavy atom. The summed E-state index contributed by atoms with van der Waals surface area (Å²) >= 11 is 0. The lowest BCUT2D eigenvalue weighted by atomic mass is 10.1. The zero-order chi connectivity index (χ0) is 15.7. The Morgan fingerprint density at radius 1 is 1.14 bits per heavy atom. The van der Waals surface area contributed by atoms with Crippen LogP contribution in [0, 0.1) is 34.6 Å². The predicted molar refractivity (Wildman–Crippen MR) is 82.7 cm³/mol. The zero-order valence-corrected chi connectivity index (χ0v) is 13.6. The summed E-state index contributed by atoms with van der Waals surface area (Å²) in [6.45, 7) is 9.83. The normalized spacial score (nSPS) is 10.8. The molecule has 0 spiro atoms. The van der Waals surface area contributed by atoms with Gasteiger partial charge in [0.05, 0.1) is 12.1 Å². The molecule has 0 bridgehead atoms. The molecule has 112 valence electrons. The fourth-order valence-electron chi connectivity index (χ4n) is 2.45. The molecule has 0 saturated carbocycles. The Morgan fingerprint density at radius 3 is 2.33 bits per heavy atom. The molecule has 2 aromatic rings. The van der Waals surface area contributed by atoms with Crippen LogP contribution in [0.25, 0.3) is 0 Å². The van der Waals surface area contributed by atoms with E-state index >= 15 is 0 Å². The number of hydrogen-bond donors (Lipinski definition) is 0. The van der Waals surface area contributed by atoms with Crippen LogP contribution in [0.1, 0.15) is 33.6 Å². The van der Waals surface area contributed by atoms with Crippen LogP contribution in [0.3, 0.4) is 0 Å². The lowest BCUT2D eigenvalue weighted by molar-refractivity contribution is -0.133. The Labute approximate surface area is 125 Å². The van der Waals surface area contributed by atoms with Gasteiger partial charge in [0.1, 0.15) is 5.75 Å². The van der Waals surface area contributed by atoms with Gasteiger partial charge in [0.15, 0.2) is 0 Å². The van der Waals surface area contributed by atoms with Gasteiger partial charge < -0.3 is 4.74 Å². The Kier molecular flexibility index (Phi) is 4.16. The molecule has 4 heteroatoms. The van der Waals surface area contributed by atoms with E-state index in [1.807, 2.05) is 53.8 Å². The third-order valence-corrected chi connectivity index (χ3v) is 4.07. The molecule has 0 unspecified atom stereocenters. The van der Waals surface area contributed by atoms with Gasteiger partial charge in [0, 0.05) is 18.3 Å². The molecule has 1 aromatic heterocycles. The first-order chi connectivity index (χ1) is 9.81. The number of aromatic nitrogens is 2. The highest BCUT2D eigenvalue weighted by molar-refractivity contribution is 5.76. The molecule has 21 heavy (non-hydrogen) atoms. The van der Waals surface area contributed by atoms with Crippen LogP contribution in [0.2, 0.25) is 0 Å². The van der Waals surface area contributed by atoms with Gasteiger partial charge in [-0.3, -0.25) is 9.48 Å². The van der Waals surface area contributed by atoms with E-state index in [1.54, 1.807) is 4.68 Å². The fraction of sp³-hybridized carbons (Fsp3) is 0.412. The minimum Gasteiger partial charge on any atom is -0.426 e. The highest BCUT2D eigenvalue weighted by Crippen LogP contribution is 2.26. The van der Waals surface area contributed by atoms with Crippen molar-refractivity contribution < 1.29 is 9.53 Å². The van der Waals surface area contributed by atoms with E-state index in [4.69, 9.17) is 4.74 Å². The smallest absolute Gasteiger partial charge is 0.315 e.